The van der Waals surface area contributed by atoms with E-state index in [1.54, 1.807) is 0 Å². The van der Waals surface area contributed by atoms with Crippen LogP contribution in [0.4, 0.5) is 0 Å². The number of hydrogen-bond acceptors (Lipinski definition) is 4. The first-order chi connectivity index (χ1) is 7.94. The number of sulfone groups is 1. The molecular formula is C11H19NO4S. The van der Waals surface area contributed by atoms with Gasteiger partial charge in [0.2, 0.25) is 0 Å². The maximum absolute atomic E-state index is 11.5. The highest BCUT2D eigenvalue weighted by atomic mass is 32.2. The molecule has 0 spiro atoms. The van der Waals surface area contributed by atoms with Crippen molar-refractivity contribution in [1.29, 1.82) is 0 Å². The molecule has 0 amide bonds. The Morgan fingerprint density at radius 2 is 2.24 bits per heavy atom. The van der Waals surface area contributed by atoms with Gasteiger partial charge in [0.1, 0.15) is 0 Å². The Kier molecular flexibility index (Phi) is 5.14. The third kappa shape index (κ3) is 4.87. The zero-order valence-corrected chi connectivity index (χ0v) is 10.7. The van der Waals surface area contributed by atoms with Crippen molar-refractivity contribution in [2.45, 2.75) is 25.3 Å². The Morgan fingerprint density at radius 1 is 1.53 bits per heavy atom. The van der Waals surface area contributed by atoms with E-state index in [9.17, 15) is 13.2 Å². The summed E-state index contributed by atoms with van der Waals surface area (Å²) < 4.78 is 23.0. The van der Waals surface area contributed by atoms with Crippen molar-refractivity contribution in [1.82, 2.24) is 4.90 Å². The first kappa shape index (κ1) is 14.2. The van der Waals surface area contributed by atoms with Crippen LogP contribution in [0.3, 0.4) is 0 Å². The lowest BCUT2D eigenvalue weighted by atomic mass is 10.1. The molecule has 1 heterocycles. The summed E-state index contributed by atoms with van der Waals surface area (Å²) in [7, 11) is -3.07. The number of aliphatic carboxylic acids is 1. The summed E-state index contributed by atoms with van der Waals surface area (Å²) in [6.45, 7) is 4.80. The molecule has 98 valence electrons. The van der Waals surface area contributed by atoms with Gasteiger partial charge in [-0.25, -0.2) is 8.42 Å². The third-order valence-electron chi connectivity index (χ3n) is 2.92. The monoisotopic (exact) mass is 261 g/mol. The van der Waals surface area contributed by atoms with Crippen LogP contribution in [0.2, 0.25) is 0 Å². The fourth-order valence-corrected chi connectivity index (χ4v) is 3.64. The van der Waals surface area contributed by atoms with Crippen molar-refractivity contribution in [2.24, 2.45) is 0 Å². The first-order valence-electron chi connectivity index (χ1n) is 5.72. The molecule has 0 aromatic heterocycles. The highest BCUT2D eigenvalue weighted by molar-refractivity contribution is 7.91. The van der Waals surface area contributed by atoms with Crippen LogP contribution in [-0.2, 0) is 14.6 Å². The number of nitrogens with zero attached hydrogens (tertiary/aromatic N) is 1. The van der Waals surface area contributed by atoms with Crippen molar-refractivity contribution in [3.63, 3.8) is 0 Å². The van der Waals surface area contributed by atoms with Crippen molar-refractivity contribution in [2.75, 3.05) is 24.6 Å². The number of hydrogen-bond donors (Lipinski definition) is 1. The lowest BCUT2D eigenvalue weighted by Crippen LogP contribution is -2.49. The molecule has 0 radical (unpaired) electrons. The third-order valence-corrected chi connectivity index (χ3v) is 4.61. The largest absolute Gasteiger partial charge is 0.481 e. The van der Waals surface area contributed by atoms with Crippen LogP contribution in [0.15, 0.2) is 12.7 Å². The number of carboxylic acids is 1. The molecule has 0 aliphatic carbocycles. The van der Waals surface area contributed by atoms with E-state index in [1.807, 2.05) is 11.0 Å². The fourth-order valence-electron chi connectivity index (χ4n) is 2.04. The van der Waals surface area contributed by atoms with E-state index in [-0.39, 0.29) is 24.0 Å². The van der Waals surface area contributed by atoms with Crippen LogP contribution in [0.25, 0.3) is 0 Å². The maximum Gasteiger partial charge on any atom is 0.304 e. The highest BCUT2D eigenvalue weighted by Crippen LogP contribution is 2.15. The number of unbranched alkanes of at least 4 members (excludes halogenated alkanes) is 1. The van der Waals surface area contributed by atoms with Gasteiger partial charge >= 0.3 is 5.97 Å². The van der Waals surface area contributed by atoms with Gasteiger partial charge < -0.3 is 5.11 Å². The van der Waals surface area contributed by atoms with Gasteiger partial charge in [-0.1, -0.05) is 6.08 Å². The summed E-state index contributed by atoms with van der Waals surface area (Å²) in [4.78, 5) is 12.7. The van der Waals surface area contributed by atoms with Crippen LogP contribution in [0, 0.1) is 0 Å². The van der Waals surface area contributed by atoms with Gasteiger partial charge in [0.15, 0.2) is 9.84 Å². The lowest BCUT2D eigenvalue weighted by molar-refractivity contribution is -0.138. The second-order valence-corrected chi connectivity index (χ2v) is 6.56. The van der Waals surface area contributed by atoms with Crippen molar-refractivity contribution in [3.05, 3.63) is 12.7 Å². The van der Waals surface area contributed by atoms with Gasteiger partial charge in [-0.05, 0) is 19.4 Å². The van der Waals surface area contributed by atoms with Gasteiger partial charge in [0, 0.05) is 12.6 Å². The van der Waals surface area contributed by atoms with Gasteiger partial charge in [0.05, 0.1) is 17.9 Å². The summed E-state index contributed by atoms with van der Waals surface area (Å²) in [5.41, 5.74) is 0. The number of rotatable bonds is 6. The molecular weight excluding hydrogens is 242 g/mol. The standard InChI is InChI=1S/C11H19NO4S/c1-2-3-4-5-12-6-7-17(15,16)9-10(12)8-11(13)14/h2,10H,1,3-9H2,(H,13,14). The van der Waals surface area contributed by atoms with E-state index in [1.165, 1.54) is 0 Å². The average Bonchev–Trinajstić information content (AvgIpc) is 2.20. The topological polar surface area (TPSA) is 74.7 Å². The fraction of sp³-hybridized carbons (Fsp3) is 0.727. The van der Waals surface area contributed by atoms with Crippen molar-refractivity contribution in [3.8, 4) is 0 Å². The van der Waals surface area contributed by atoms with Crippen molar-refractivity contribution >= 4 is 15.8 Å². The minimum atomic E-state index is -3.07. The molecule has 0 bridgehead atoms. The molecule has 1 atom stereocenters. The zero-order chi connectivity index (χ0) is 12.9. The Labute approximate surface area is 102 Å². The Balaban J connectivity index is 2.60. The summed E-state index contributed by atoms with van der Waals surface area (Å²) in [5, 5.41) is 8.79. The minimum Gasteiger partial charge on any atom is -0.481 e. The maximum atomic E-state index is 11.5. The summed E-state index contributed by atoms with van der Waals surface area (Å²) >= 11 is 0. The number of allylic oxidation sites excluding steroid dienone is 1. The predicted octanol–water partition coefficient (Wildman–Crippen LogP) is 0.526. The van der Waals surface area contributed by atoms with E-state index >= 15 is 0 Å². The van der Waals surface area contributed by atoms with E-state index in [4.69, 9.17) is 5.11 Å². The molecule has 0 aromatic rings. The quantitative estimate of drug-likeness (QED) is 0.557. The van der Waals surface area contributed by atoms with E-state index < -0.39 is 15.8 Å². The van der Waals surface area contributed by atoms with Gasteiger partial charge in [0.25, 0.3) is 0 Å². The molecule has 1 rings (SSSR count). The van der Waals surface area contributed by atoms with Gasteiger partial charge in [-0.15, -0.1) is 6.58 Å². The minimum absolute atomic E-state index is 0.0343. The second kappa shape index (κ2) is 6.16. The smallest absolute Gasteiger partial charge is 0.304 e. The normalized spacial score (nSPS) is 24.4. The SMILES string of the molecule is C=CCCCN1CCS(=O)(=O)CC1CC(=O)O. The molecule has 6 heteroatoms. The summed E-state index contributed by atoms with van der Waals surface area (Å²) in [5.74, 6) is -0.842. The predicted molar refractivity (Wildman–Crippen MR) is 65.7 cm³/mol. The Hall–Kier alpha value is -0.880. The van der Waals surface area contributed by atoms with Crippen LogP contribution in [-0.4, -0.2) is 55.0 Å². The molecule has 1 unspecified atom stereocenters. The molecule has 1 aliphatic rings. The Morgan fingerprint density at radius 3 is 2.82 bits per heavy atom. The first-order valence-corrected chi connectivity index (χ1v) is 7.54. The molecule has 1 aliphatic heterocycles. The second-order valence-electron chi connectivity index (χ2n) is 4.33. The highest BCUT2D eigenvalue weighted by Gasteiger charge is 2.31. The molecule has 5 nitrogen and oxygen atoms in total. The van der Waals surface area contributed by atoms with E-state index in [2.05, 4.69) is 6.58 Å². The average molecular weight is 261 g/mol. The summed E-state index contributed by atoms with van der Waals surface area (Å²) in [6.07, 6.45) is 3.46. The van der Waals surface area contributed by atoms with Crippen LogP contribution >= 0.6 is 0 Å². The number of carboxylic acid groups (broad SMARTS) is 1. The van der Waals surface area contributed by atoms with Crippen LogP contribution in [0.1, 0.15) is 19.3 Å². The molecule has 17 heavy (non-hydrogen) atoms. The summed E-state index contributed by atoms with van der Waals surface area (Å²) in [6, 6.07) is -0.379. The molecule has 1 saturated heterocycles. The van der Waals surface area contributed by atoms with Gasteiger partial charge in [-0.2, -0.15) is 0 Å². The molecule has 0 aromatic carbocycles. The lowest BCUT2D eigenvalue weighted by Gasteiger charge is -2.34. The zero-order valence-electron chi connectivity index (χ0n) is 9.84. The van der Waals surface area contributed by atoms with Crippen molar-refractivity contribution < 1.29 is 18.3 Å². The van der Waals surface area contributed by atoms with Gasteiger partial charge in [-0.3, -0.25) is 9.69 Å². The van der Waals surface area contributed by atoms with E-state index in [0.717, 1.165) is 19.4 Å². The molecule has 1 fully saturated rings. The van der Waals surface area contributed by atoms with Crippen LogP contribution in [0.5, 0.6) is 0 Å². The Bertz CT molecular complexity index is 377. The molecule has 0 saturated carbocycles. The van der Waals surface area contributed by atoms with E-state index in [0.29, 0.717) is 6.54 Å². The molecule has 1 N–H and O–H groups in total. The van der Waals surface area contributed by atoms with Crippen LogP contribution < -0.4 is 0 Å². The number of carbonyl (C=O) groups is 1.